The molecular formula is C13H20ClNO. The van der Waals surface area contributed by atoms with Crippen molar-refractivity contribution in [3.8, 4) is 0 Å². The van der Waals surface area contributed by atoms with Gasteiger partial charge in [-0.25, -0.2) is 0 Å². The molecule has 16 heavy (non-hydrogen) atoms. The van der Waals surface area contributed by atoms with E-state index in [-0.39, 0.29) is 5.41 Å². The smallest absolute Gasteiger partial charge is 0.0717 e. The molecule has 1 aromatic rings. The van der Waals surface area contributed by atoms with Gasteiger partial charge < -0.3 is 10.1 Å². The molecular weight excluding hydrogens is 222 g/mol. The van der Waals surface area contributed by atoms with Gasteiger partial charge in [-0.2, -0.15) is 0 Å². The van der Waals surface area contributed by atoms with Crippen LogP contribution in [-0.2, 0) is 11.3 Å². The number of halogens is 1. The Morgan fingerprint density at radius 1 is 1.25 bits per heavy atom. The van der Waals surface area contributed by atoms with Crippen LogP contribution in [0.3, 0.4) is 0 Å². The highest BCUT2D eigenvalue weighted by Gasteiger charge is 2.16. The Morgan fingerprint density at radius 3 is 2.44 bits per heavy atom. The van der Waals surface area contributed by atoms with Crippen molar-refractivity contribution in [3.05, 3.63) is 34.9 Å². The SMILES string of the molecule is CNCC(C)(C)COCc1ccc(Cl)cc1. The number of benzene rings is 1. The second-order valence-corrected chi connectivity index (χ2v) is 5.25. The number of rotatable bonds is 6. The average molecular weight is 242 g/mol. The van der Waals surface area contributed by atoms with Crippen molar-refractivity contribution in [1.82, 2.24) is 5.32 Å². The summed E-state index contributed by atoms with van der Waals surface area (Å²) in [5, 5.41) is 3.93. The van der Waals surface area contributed by atoms with Crippen molar-refractivity contribution in [1.29, 1.82) is 0 Å². The maximum Gasteiger partial charge on any atom is 0.0717 e. The summed E-state index contributed by atoms with van der Waals surface area (Å²) in [4.78, 5) is 0. The zero-order valence-electron chi connectivity index (χ0n) is 10.2. The highest BCUT2D eigenvalue weighted by atomic mass is 35.5. The Morgan fingerprint density at radius 2 is 1.88 bits per heavy atom. The van der Waals surface area contributed by atoms with Crippen LogP contribution in [-0.4, -0.2) is 20.2 Å². The molecule has 0 saturated carbocycles. The third-order valence-electron chi connectivity index (χ3n) is 2.33. The molecule has 0 saturated heterocycles. The van der Waals surface area contributed by atoms with E-state index >= 15 is 0 Å². The first-order valence-corrected chi connectivity index (χ1v) is 5.88. The topological polar surface area (TPSA) is 21.3 Å². The van der Waals surface area contributed by atoms with Gasteiger partial charge in [-0.1, -0.05) is 37.6 Å². The number of hydrogen-bond donors (Lipinski definition) is 1. The molecule has 3 heteroatoms. The van der Waals surface area contributed by atoms with E-state index in [2.05, 4.69) is 19.2 Å². The van der Waals surface area contributed by atoms with Crippen LogP contribution in [0, 0.1) is 5.41 Å². The Bertz CT molecular complexity index is 308. The summed E-state index contributed by atoms with van der Waals surface area (Å²) < 4.78 is 5.69. The third kappa shape index (κ3) is 4.97. The Labute approximate surface area is 103 Å². The Hall–Kier alpha value is -0.570. The first-order chi connectivity index (χ1) is 7.53. The van der Waals surface area contributed by atoms with Crippen molar-refractivity contribution < 1.29 is 4.74 Å². The Kier molecular flexibility index (Phi) is 5.26. The van der Waals surface area contributed by atoms with Gasteiger partial charge in [-0.3, -0.25) is 0 Å². The predicted octanol–water partition coefficient (Wildman–Crippen LogP) is 3.10. The molecule has 0 aliphatic heterocycles. The van der Waals surface area contributed by atoms with Crippen LogP contribution in [0.2, 0.25) is 5.02 Å². The summed E-state index contributed by atoms with van der Waals surface area (Å²) in [6, 6.07) is 7.76. The molecule has 0 aliphatic rings. The quantitative estimate of drug-likeness (QED) is 0.827. The van der Waals surface area contributed by atoms with Crippen LogP contribution in [0.25, 0.3) is 0 Å². The molecule has 1 aromatic carbocycles. The van der Waals surface area contributed by atoms with Crippen LogP contribution >= 0.6 is 11.6 Å². The summed E-state index contributed by atoms with van der Waals surface area (Å²) in [7, 11) is 1.96. The largest absolute Gasteiger partial charge is 0.376 e. The van der Waals surface area contributed by atoms with Gasteiger partial charge in [0.2, 0.25) is 0 Å². The fraction of sp³-hybridized carbons (Fsp3) is 0.538. The van der Waals surface area contributed by atoms with Crippen LogP contribution in [0.4, 0.5) is 0 Å². The van der Waals surface area contributed by atoms with Crippen LogP contribution in [0.5, 0.6) is 0 Å². The van der Waals surface area contributed by atoms with Gasteiger partial charge in [0.1, 0.15) is 0 Å². The minimum atomic E-state index is 0.168. The molecule has 0 fully saturated rings. The molecule has 0 bridgehead atoms. The number of ether oxygens (including phenoxy) is 1. The fourth-order valence-corrected chi connectivity index (χ4v) is 1.68. The highest BCUT2D eigenvalue weighted by Crippen LogP contribution is 2.15. The van der Waals surface area contributed by atoms with Crippen LogP contribution in [0.1, 0.15) is 19.4 Å². The van der Waals surface area contributed by atoms with Crippen molar-refractivity contribution in [2.75, 3.05) is 20.2 Å². The van der Waals surface area contributed by atoms with E-state index in [4.69, 9.17) is 16.3 Å². The number of hydrogen-bond acceptors (Lipinski definition) is 2. The van der Waals surface area contributed by atoms with E-state index in [1.165, 1.54) is 0 Å². The van der Waals surface area contributed by atoms with E-state index < -0.39 is 0 Å². The molecule has 90 valence electrons. The van der Waals surface area contributed by atoms with Gasteiger partial charge >= 0.3 is 0 Å². The summed E-state index contributed by atoms with van der Waals surface area (Å²) in [5.74, 6) is 0. The van der Waals surface area contributed by atoms with E-state index in [0.29, 0.717) is 6.61 Å². The first kappa shape index (κ1) is 13.5. The lowest BCUT2D eigenvalue weighted by molar-refractivity contribution is 0.0522. The molecule has 0 amide bonds. The maximum atomic E-state index is 5.81. The van der Waals surface area contributed by atoms with Gasteiger partial charge in [0.15, 0.2) is 0 Å². The lowest BCUT2D eigenvalue weighted by Crippen LogP contribution is -2.31. The zero-order chi connectivity index (χ0) is 12.0. The standard InChI is InChI=1S/C13H20ClNO/c1-13(2,9-15-3)10-16-8-11-4-6-12(14)7-5-11/h4-7,15H,8-10H2,1-3H3. The first-order valence-electron chi connectivity index (χ1n) is 5.50. The second kappa shape index (κ2) is 6.24. The van der Waals surface area contributed by atoms with Crippen molar-refractivity contribution in [2.24, 2.45) is 5.41 Å². The predicted molar refractivity (Wildman–Crippen MR) is 68.8 cm³/mol. The molecule has 2 nitrogen and oxygen atoms in total. The van der Waals surface area contributed by atoms with Gasteiger partial charge in [0.25, 0.3) is 0 Å². The van der Waals surface area contributed by atoms with Crippen molar-refractivity contribution in [2.45, 2.75) is 20.5 Å². The molecule has 0 unspecified atom stereocenters. The summed E-state index contributed by atoms with van der Waals surface area (Å²) in [5.41, 5.74) is 1.32. The highest BCUT2D eigenvalue weighted by molar-refractivity contribution is 6.30. The fourth-order valence-electron chi connectivity index (χ4n) is 1.56. The normalized spacial score (nSPS) is 11.8. The van der Waals surface area contributed by atoms with Gasteiger partial charge in [0.05, 0.1) is 13.2 Å². The van der Waals surface area contributed by atoms with E-state index in [1.807, 2.05) is 31.3 Å². The van der Waals surface area contributed by atoms with Crippen LogP contribution in [0.15, 0.2) is 24.3 Å². The van der Waals surface area contributed by atoms with Crippen molar-refractivity contribution >= 4 is 11.6 Å². The van der Waals surface area contributed by atoms with Crippen molar-refractivity contribution in [3.63, 3.8) is 0 Å². The lowest BCUT2D eigenvalue weighted by Gasteiger charge is -2.23. The second-order valence-electron chi connectivity index (χ2n) is 4.81. The molecule has 1 rings (SSSR count). The van der Waals surface area contributed by atoms with E-state index in [1.54, 1.807) is 0 Å². The number of nitrogens with one attached hydrogen (secondary N) is 1. The molecule has 0 aromatic heterocycles. The molecule has 0 spiro atoms. The Balaban J connectivity index is 2.32. The lowest BCUT2D eigenvalue weighted by atomic mass is 9.95. The third-order valence-corrected chi connectivity index (χ3v) is 2.58. The van der Waals surface area contributed by atoms with Gasteiger partial charge in [-0.15, -0.1) is 0 Å². The van der Waals surface area contributed by atoms with E-state index in [0.717, 1.165) is 23.7 Å². The molecule has 0 atom stereocenters. The van der Waals surface area contributed by atoms with Gasteiger partial charge in [-0.05, 0) is 24.7 Å². The summed E-state index contributed by atoms with van der Waals surface area (Å²) in [6.07, 6.45) is 0. The molecule has 0 heterocycles. The van der Waals surface area contributed by atoms with Gasteiger partial charge in [0, 0.05) is 17.0 Å². The molecule has 1 N–H and O–H groups in total. The van der Waals surface area contributed by atoms with Crippen LogP contribution < -0.4 is 5.32 Å². The summed E-state index contributed by atoms with van der Waals surface area (Å²) >= 11 is 5.81. The minimum Gasteiger partial charge on any atom is -0.376 e. The zero-order valence-corrected chi connectivity index (χ0v) is 11.0. The monoisotopic (exact) mass is 241 g/mol. The average Bonchev–Trinajstić information content (AvgIpc) is 2.20. The molecule has 0 aliphatic carbocycles. The molecule has 0 radical (unpaired) electrons. The minimum absolute atomic E-state index is 0.168. The summed E-state index contributed by atoms with van der Waals surface area (Å²) in [6.45, 7) is 6.71. The maximum absolute atomic E-state index is 5.81. The van der Waals surface area contributed by atoms with E-state index in [9.17, 15) is 0 Å².